The van der Waals surface area contributed by atoms with Gasteiger partial charge in [-0.3, -0.25) is 19.2 Å². The van der Waals surface area contributed by atoms with Crippen molar-refractivity contribution in [3.05, 3.63) is 48.0 Å². The lowest BCUT2D eigenvalue weighted by atomic mass is 10.0. The van der Waals surface area contributed by atoms with Gasteiger partial charge in [0.2, 0.25) is 17.7 Å². The molecular weight excluding hydrogens is 492 g/mol. The summed E-state index contributed by atoms with van der Waals surface area (Å²) in [6.45, 7) is 12.5. The number of ether oxygens (including phenoxy) is 2. The quantitative estimate of drug-likeness (QED) is 0.245. The van der Waals surface area contributed by atoms with Crippen molar-refractivity contribution in [3.63, 3.8) is 0 Å². The molecule has 210 valence electrons. The number of alkyl carbamates (subject to hydrolysis) is 1. The Balaban J connectivity index is 3.35. The zero-order valence-corrected chi connectivity index (χ0v) is 22.9. The van der Waals surface area contributed by atoms with Crippen LogP contribution in [0, 0.1) is 6.92 Å². The van der Waals surface area contributed by atoms with Gasteiger partial charge in [-0.15, -0.1) is 6.58 Å². The Morgan fingerprint density at radius 3 is 2.26 bits per heavy atom. The topological polar surface area (TPSA) is 157 Å². The fraction of sp³-hybridized carbons (Fsp3) is 0.519. The summed E-state index contributed by atoms with van der Waals surface area (Å²) in [6.07, 6.45) is 0.256. The molecular formula is C27H40N4O7. The van der Waals surface area contributed by atoms with E-state index in [-0.39, 0.29) is 39.0 Å². The first kappa shape index (κ1) is 32.1. The van der Waals surface area contributed by atoms with Crippen LogP contribution in [0.4, 0.5) is 4.79 Å². The van der Waals surface area contributed by atoms with Gasteiger partial charge >= 0.3 is 12.1 Å². The van der Waals surface area contributed by atoms with Crippen LogP contribution in [0.25, 0.3) is 0 Å². The van der Waals surface area contributed by atoms with Gasteiger partial charge < -0.3 is 30.7 Å². The van der Waals surface area contributed by atoms with Gasteiger partial charge in [-0.1, -0.05) is 35.9 Å². The van der Waals surface area contributed by atoms with Crippen LogP contribution in [0.3, 0.4) is 0 Å². The van der Waals surface area contributed by atoms with E-state index in [1.54, 1.807) is 52.0 Å². The molecule has 1 rings (SSSR count). The first-order valence-electron chi connectivity index (χ1n) is 12.5. The number of esters is 1. The third-order valence-corrected chi connectivity index (χ3v) is 5.16. The van der Waals surface area contributed by atoms with E-state index < -0.39 is 47.5 Å². The molecule has 11 nitrogen and oxygen atoms in total. The number of carbonyl (C=O) groups is 5. The maximum Gasteiger partial charge on any atom is 0.408 e. The molecule has 4 N–H and O–H groups in total. The molecule has 0 aliphatic carbocycles. The normalized spacial score (nSPS) is 12.4. The third kappa shape index (κ3) is 11.4. The summed E-state index contributed by atoms with van der Waals surface area (Å²) < 4.78 is 10.2. The minimum Gasteiger partial charge on any atom is -0.466 e. The number of nitrogens with two attached hydrogens (primary N) is 1. The zero-order valence-electron chi connectivity index (χ0n) is 22.9. The van der Waals surface area contributed by atoms with E-state index in [2.05, 4.69) is 17.2 Å². The number of amides is 4. The van der Waals surface area contributed by atoms with Crippen molar-refractivity contribution in [1.29, 1.82) is 0 Å². The number of carbonyl (C=O) groups excluding carboxylic acids is 5. The summed E-state index contributed by atoms with van der Waals surface area (Å²) >= 11 is 0. The maximum atomic E-state index is 13.8. The average molecular weight is 533 g/mol. The zero-order chi connectivity index (χ0) is 28.9. The number of aryl methyl sites for hydroxylation is 1. The maximum absolute atomic E-state index is 13.8. The largest absolute Gasteiger partial charge is 0.466 e. The number of nitrogens with one attached hydrogen (secondary N) is 2. The van der Waals surface area contributed by atoms with Crippen LogP contribution in [0.1, 0.15) is 64.1 Å². The molecule has 1 aromatic rings. The monoisotopic (exact) mass is 532 g/mol. The summed E-state index contributed by atoms with van der Waals surface area (Å²) in [5, 5.41) is 5.19. The SMILES string of the molecule is C=CCN(C(=O)C(CCC(N)=O)NC(=O)OC(C)(C)C)C(C(=O)NCCC(=O)OCC)c1ccc(C)cc1. The molecule has 0 aromatic heterocycles. The first-order valence-corrected chi connectivity index (χ1v) is 12.5. The Hall–Kier alpha value is -3.89. The molecule has 4 amide bonds. The number of benzene rings is 1. The number of nitrogens with zero attached hydrogens (tertiary/aromatic N) is 1. The molecule has 0 heterocycles. The lowest BCUT2D eigenvalue weighted by Crippen LogP contribution is -2.53. The van der Waals surface area contributed by atoms with E-state index in [0.717, 1.165) is 5.56 Å². The van der Waals surface area contributed by atoms with Crippen LogP contribution in [0.5, 0.6) is 0 Å². The first-order chi connectivity index (χ1) is 17.8. The molecule has 0 aliphatic heterocycles. The van der Waals surface area contributed by atoms with Crippen molar-refractivity contribution in [3.8, 4) is 0 Å². The molecule has 11 heteroatoms. The Morgan fingerprint density at radius 1 is 1.11 bits per heavy atom. The van der Waals surface area contributed by atoms with E-state index >= 15 is 0 Å². The van der Waals surface area contributed by atoms with Crippen molar-refractivity contribution < 1.29 is 33.4 Å². The predicted octanol–water partition coefficient (Wildman–Crippen LogP) is 2.28. The molecule has 0 aliphatic rings. The molecule has 2 unspecified atom stereocenters. The Bertz CT molecular complexity index is 986. The van der Waals surface area contributed by atoms with Crippen molar-refractivity contribution in [2.75, 3.05) is 19.7 Å². The van der Waals surface area contributed by atoms with E-state index in [9.17, 15) is 24.0 Å². The van der Waals surface area contributed by atoms with Gasteiger partial charge in [-0.2, -0.15) is 0 Å². The van der Waals surface area contributed by atoms with Crippen molar-refractivity contribution >= 4 is 29.8 Å². The summed E-state index contributed by atoms with van der Waals surface area (Å²) in [4.78, 5) is 64.2. The van der Waals surface area contributed by atoms with Crippen molar-refractivity contribution in [2.45, 2.75) is 71.6 Å². The number of hydrogen-bond acceptors (Lipinski definition) is 7. The average Bonchev–Trinajstić information content (AvgIpc) is 2.81. The van der Waals surface area contributed by atoms with Crippen LogP contribution in [0.15, 0.2) is 36.9 Å². The lowest BCUT2D eigenvalue weighted by Gasteiger charge is -2.34. The molecule has 0 saturated carbocycles. The van der Waals surface area contributed by atoms with Crippen LogP contribution in [-0.2, 0) is 28.7 Å². The van der Waals surface area contributed by atoms with Gasteiger partial charge in [0.25, 0.3) is 0 Å². The summed E-state index contributed by atoms with van der Waals surface area (Å²) in [5.41, 5.74) is 5.92. The summed E-state index contributed by atoms with van der Waals surface area (Å²) in [7, 11) is 0. The fourth-order valence-corrected chi connectivity index (χ4v) is 3.49. The Kier molecular flexibility index (Phi) is 13.0. The highest BCUT2D eigenvalue weighted by atomic mass is 16.6. The molecule has 2 atom stereocenters. The predicted molar refractivity (Wildman–Crippen MR) is 142 cm³/mol. The number of rotatable bonds is 14. The standard InChI is InChI=1S/C27H40N4O7/c1-7-17-31(25(35)20(13-14-21(28)32)30-26(36)38-27(4,5)6)23(19-11-9-18(3)10-12-19)24(34)29-16-15-22(33)37-8-2/h7,9-12,20,23H,1,8,13-17H2,2-6H3,(H2,28,32)(H,29,34)(H,30,36). The van der Waals surface area contributed by atoms with E-state index in [0.29, 0.717) is 5.56 Å². The van der Waals surface area contributed by atoms with Gasteiger partial charge in [-0.05, 0) is 46.6 Å². The molecule has 0 radical (unpaired) electrons. The molecule has 38 heavy (non-hydrogen) atoms. The third-order valence-electron chi connectivity index (χ3n) is 5.16. The van der Waals surface area contributed by atoms with E-state index in [1.165, 1.54) is 11.0 Å². The minimum atomic E-state index is -1.21. The van der Waals surface area contributed by atoms with Crippen molar-refractivity contribution in [2.24, 2.45) is 5.73 Å². The second-order valence-electron chi connectivity index (χ2n) is 9.64. The van der Waals surface area contributed by atoms with Crippen LogP contribution in [-0.4, -0.2) is 66.0 Å². The van der Waals surface area contributed by atoms with Crippen LogP contribution in [0.2, 0.25) is 0 Å². The Labute approximate surface area is 224 Å². The van der Waals surface area contributed by atoms with Gasteiger partial charge in [-0.25, -0.2) is 4.79 Å². The lowest BCUT2D eigenvalue weighted by molar-refractivity contribution is -0.144. The van der Waals surface area contributed by atoms with Gasteiger partial charge in [0.1, 0.15) is 17.7 Å². The number of primary amides is 1. The van der Waals surface area contributed by atoms with Crippen LogP contribution < -0.4 is 16.4 Å². The van der Waals surface area contributed by atoms with E-state index in [1.807, 2.05) is 6.92 Å². The molecule has 0 fully saturated rings. The number of hydrogen-bond donors (Lipinski definition) is 3. The van der Waals surface area contributed by atoms with Gasteiger partial charge in [0, 0.05) is 19.5 Å². The second kappa shape index (κ2) is 15.4. The molecule has 1 aromatic carbocycles. The highest BCUT2D eigenvalue weighted by Crippen LogP contribution is 2.24. The summed E-state index contributed by atoms with van der Waals surface area (Å²) in [6, 6.07) is 4.70. The smallest absolute Gasteiger partial charge is 0.408 e. The minimum absolute atomic E-state index is 0.00257. The molecule has 0 spiro atoms. The van der Waals surface area contributed by atoms with Gasteiger partial charge in [0.15, 0.2) is 0 Å². The van der Waals surface area contributed by atoms with Gasteiger partial charge in [0.05, 0.1) is 13.0 Å². The highest BCUT2D eigenvalue weighted by Gasteiger charge is 2.35. The fourth-order valence-electron chi connectivity index (χ4n) is 3.49. The van der Waals surface area contributed by atoms with E-state index in [4.69, 9.17) is 15.2 Å². The molecule has 0 bridgehead atoms. The summed E-state index contributed by atoms with van der Waals surface area (Å²) in [5.74, 6) is -2.30. The molecule has 0 saturated heterocycles. The van der Waals surface area contributed by atoms with Crippen LogP contribution >= 0.6 is 0 Å². The second-order valence-corrected chi connectivity index (χ2v) is 9.64. The van der Waals surface area contributed by atoms with Crippen molar-refractivity contribution in [1.82, 2.24) is 15.5 Å². The highest BCUT2D eigenvalue weighted by molar-refractivity contribution is 5.92. The Morgan fingerprint density at radius 2 is 1.74 bits per heavy atom.